The molecule has 0 N–H and O–H groups in total. The first-order chi connectivity index (χ1) is 15.1. The molecule has 0 unspecified atom stereocenters. The van der Waals surface area contributed by atoms with Gasteiger partial charge >= 0.3 is 0 Å². The number of hydrogen-bond acceptors (Lipinski definition) is 6. The highest BCUT2D eigenvalue weighted by atomic mass is 16.5. The van der Waals surface area contributed by atoms with Gasteiger partial charge in [0, 0.05) is 17.7 Å². The summed E-state index contributed by atoms with van der Waals surface area (Å²) < 4.78 is 28.0. The Hall–Kier alpha value is -3.93. The summed E-state index contributed by atoms with van der Waals surface area (Å²) in [5, 5.41) is 0.269. The number of hydrogen-bond donors (Lipinski definition) is 0. The molecule has 158 valence electrons. The van der Waals surface area contributed by atoms with Crippen LogP contribution in [0.2, 0.25) is 0 Å². The van der Waals surface area contributed by atoms with Crippen LogP contribution in [0.1, 0.15) is 5.56 Å². The highest BCUT2D eigenvalue weighted by Gasteiger charge is 2.20. The molecule has 0 bridgehead atoms. The number of benzene rings is 3. The van der Waals surface area contributed by atoms with E-state index in [1.807, 2.05) is 54.6 Å². The second-order valence-electron chi connectivity index (χ2n) is 6.79. The second kappa shape index (κ2) is 8.83. The Bertz CT molecular complexity index is 1240. The van der Waals surface area contributed by atoms with Crippen molar-refractivity contribution in [3.8, 4) is 34.3 Å². The molecular weight excluding hydrogens is 396 g/mol. The van der Waals surface area contributed by atoms with Gasteiger partial charge in [-0.05, 0) is 29.8 Å². The lowest BCUT2D eigenvalue weighted by molar-refractivity contribution is 0.306. The van der Waals surface area contributed by atoms with Gasteiger partial charge in [-0.25, -0.2) is 0 Å². The first-order valence-electron chi connectivity index (χ1n) is 9.68. The van der Waals surface area contributed by atoms with E-state index >= 15 is 0 Å². The highest BCUT2D eigenvalue weighted by molar-refractivity contribution is 5.92. The molecule has 4 rings (SSSR count). The van der Waals surface area contributed by atoms with Gasteiger partial charge in [0.15, 0.2) is 28.3 Å². The molecule has 0 amide bonds. The maximum absolute atomic E-state index is 12.9. The monoisotopic (exact) mass is 418 g/mol. The van der Waals surface area contributed by atoms with Gasteiger partial charge < -0.3 is 23.4 Å². The molecule has 6 nitrogen and oxygen atoms in total. The number of methoxy groups -OCH3 is 3. The minimum atomic E-state index is -0.255. The molecule has 0 saturated heterocycles. The molecule has 0 atom stereocenters. The summed E-state index contributed by atoms with van der Waals surface area (Å²) in [4.78, 5) is 12.9. The summed E-state index contributed by atoms with van der Waals surface area (Å²) in [6, 6.07) is 20.4. The molecule has 4 aromatic rings. The molecule has 31 heavy (non-hydrogen) atoms. The molecule has 0 saturated carbocycles. The molecule has 0 aliphatic heterocycles. The van der Waals surface area contributed by atoms with Crippen molar-refractivity contribution in [3.05, 3.63) is 82.5 Å². The summed E-state index contributed by atoms with van der Waals surface area (Å²) in [5.41, 5.74) is 1.87. The summed E-state index contributed by atoms with van der Waals surface area (Å²) in [6.45, 7) is 0.476. The van der Waals surface area contributed by atoms with Crippen molar-refractivity contribution >= 4 is 11.0 Å². The van der Waals surface area contributed by atoms with Crippen LogP contribution in [0.5, 0.6) is 23.0 Å². The fraction of sp³-hybridized carbons (Fsp3) is 0.160. The van der Waals surface area contributed by atoms with Gasteiger partial charge in [0.25, 0.3) is 0 Å². The zero-order valence-electron chi connectivity index (χ0n) is 17.5. The van der Waals surface area contributed by atoms with Gasteiger partial charge in [-0.15, -0.1) is 0 Å². The standard InChI is InChI=1S/C25H22O6/c1-27-21-14-22(28-2)25-23(24(21)29-3)19(26)13-20(31-25)17-9-11-18(12-10-17)30-15-16-7-5-4-6-8-16/h4-14H,15H2,1-3H3. The van der Waals surface area contributed by atoms with Crippen molar-refractivity contribution in [3.63, 3.8) is 0 Å². The maximum Gasteiger partial charge on any atom is 0.197 e. The highest BCUT2D eigenvalue weighted by Crippen LogP contribution is 2.41. The van der Waals surface area contributed by atoms with Gasteiger partial charge in [-0.2, -0.15) is 0 Å². The Morgan fingerprint density at radius 1 is 0.806 bits per heavy atom. The molecule has 1 aromatic heterocycles. The van der Waals surface area contributed by atoms with E-state index in [0.29, 0.717) is 35.2 Å². The fourth-order valence-electron chi connectivity index (χ4n) is 3.36. The van der Waals surface area contributed by atoms with Gasteiger partial charge in [0.05, 0.1) is 21.3 Å². The van der Waals surface area contributed by atoms with Crippen LogP contribution in [-0.4, -0.2) is 21.3 Å². The van der Waals surface area contributed by atoms with Crippen LogP contribution in [0.3, 0.4) is 0 Å². The van der Waals surface area contributed by atoms with Crippen molar-refractivity contribution in [2.24, 2.45) is 0 Å². The first-order valence-corrected chi connectivity index (χ1v) is 9.68. The van der Waals surface area contributed by atoms with E-state index in [1.54, 1.807) is 6.07 Å². The number of rotatable bonds is 7. The van der Waals surface area contributed by atoms with Crippen LogP contribution in [0.15, 0.2) is 75.9 Å². The van der Waals surface area contributed by atoms with Crippen LogP contribution >= 0.6 is 0 Å². The zero-order valence-corrected chi connectivity index (χ0v) is 17.5. The normalized spacial score (nSPS) is 10.7. The van der Waals surface area contributed by atoms with Crippen molar-refractivity contribution < 1.29 is 23.4 Å². The van der Waals surface area contributed by atoms with Gasteiger partial charge in [-0.3, -0.25) is 4.79 Å². The minimum Gasteiger partial charge on any atom is -0.493 e. The van der Waals surface area contributed by atoms with Crippen LogP contribution in [0, 0.1) is 0 Å². The van der Waals surface area contributed by atoms with Crippen LogP contribution in [0.4, 0.5) is 0 Å². The molecule has 0 radical (unpaired) electrons. The number of fused-ring (bicyclic) bond motifs is 1. The van der Waals surface area contributed by atoms with E-state index < -0.39 is 0 Å². The summed E-state index contributed by atoms with van der Waals surface area (Å²) in [6.07, 6.45) is 0. The molecule has 3 aromatic carbocycles. The van der Waals surface area contributed by atoms with Crippen LogP contribution in [-0.2, 0) is 6.61 Å². The maximum atomic E-state index is 12.9. The van der Waals surface area contributed by atoms with Gasteiger partial charge in [0.2, 0.25) is 0 Å². The zero-order chi connectivity index (χ0) is 21.8. The van der Waals surface area contributed by atoms with Crippen molar-refractivity contribution in [2.75, 3.05) is 21.3 Å². The third-order valence-electron chi connectivity index (χ3n) is 4.92. The Morgan fingerprint density at radius 2 is 1.52 bits per heavy atom. The molecule has 0 aliphatic rings. The van der Waals surface area contributed by atoms with Gasteiger partial charge in [0.1, 0.15) is 23.5 Å². The number of ether oxygens (including phenoxy) is 4. The molecule has 6 heteroatoms. The smallest absolute Gasteiger partial charge is 0.197 e. The molecule has 0 spiro atoms. The van der Waals surface area contributed by atoms with E-state index in [-0.39, 0.29) is 10.8 Å². The lowest BCUT2D eigenvalue weighted by Crippen LogP contribution is -2.05. The lowest BCUT2D eigenvalue weighted by Gasteiger charge is -2.14. The van der Waals surface area contributed by atoms with Crippen molar-refractivity contribution in [1.82, 2.24) is 0 Å². The first kappa shape index (κ1) is 20.3. The third kappa shape index (κ3) is 4.05. The van der Waals surface area contributed by atoms with E-state index in [0.717, 1.165) is 16.9 Å². The third-order valence-corrected chi connectivity index (χ3v) is 4.92. The summed E-state index contributed by atoms with van der Waals surface area (Å²) in [5.74, 6) is 2.22. The lowest BCUT2D eigenvalue weighted by atomic mass is 10.1. The molecule has 0 aliphatic carbocycles. The van der Waals surface area contributed by atoms with Crippen LogP contribution in [0.25, 0.3) is 22.3 Å². The average molecular weight is 418 g/mol. The Labute approximate surface area is 179 Å². The predicted molar refractivity (Wildman–Crippen MR) is 118 cm³/mol. The summed E-state index contributed by atoms with van der Waals surface area (Å²) in [7, 11) is 4.48. The minimum absolute atomic E-state index is 0.255. The average Bonchev–Trinajstić information content (AvgIpc) is 2.82. The Morgan fingerprint density at radius 3 is 2.16 bits per heavy atom. The van der Waals surface area contributed by atoms with Gasteiger partial charge in [-0.1, -0.05) is 30.3 Å². The fourth-order valence-corrected chi connectivity index (χ4v) is 3.36. The molecular formula is C25H22O6. The quantitative estimate of drug-likeness (QED) is 0.418. The summed E-state index contributed by atoms with van der Waals surface area (Å²) >= 11 is 0. The van der Waals surface area contributed by atoms with E-state index in [4.69, 9.17) is 23.4 Å². The topological polar surface area (TPSA) is 67.1 Å². The molecule has 1 heterocycles. The SMILES string of the molecule is COc1cc(OC)c2oc(-c3ccc(OCc4ccccc4)cc3)cc(=O)c2c1OC. The second-order valence-corrected chi connectivity index (χ2v) is 6.79. The molecule has 0 fully saturated rings. The Balaban J connectivity index is 1.69. The Kier molecular flexibility index (Phi) is 5.80. The van der Waals surface area contributed by atoms with Crippen LogP contribution < -0.4 is 24.4 Å². The van der Waals surface area contributed by atoms with E-state index in [1.165, 1.54) is 27.4 Å². The van der Waals surface area contributed by atoms with E-state index in [2.05, 4.69) is 0 Å². The van der Waals surface area contributed by atoms with E-state index in [9.17, 15) is 4.79 Å². The largest absolute Gasteiger partial charge is 0.493 e. The predicted octanol–water partition coefficient (Wildman–Crippen LogP) is 5.06. The van der Waals surface area contributed by atoms with Crippen molar-refractivity contribution in [1.29, 1.82) is 0 Å². The van der Waals surface area contributed by atoms with Crippen molar-refractivity contribution in [2.45, 2.75) is 6.61 Å².